The number of aliphatic hydroxyl groups is 1. The maximum atomic E-state index is 13.3. The molecule has 7 heteroatoms. The van der Waals surface area contributed by atoms with Gasteiger partial charge in [-0.15, -0.1) is 0 Å². The zero-order chi connectivity index (χ0) is 14.3. The largest absolute Gasteiger partial charge is 0.396 e. The third-order valence-electron chi connectivity index (χ3n) is 2.50. The van der Waals surface area contributed by atoms with Crippen LogP contribution in [-0.4, -0.2) is 26.7 Å². The predicted molar refractivity (Wildman–Crippen MR) is 67.2 cm³/mol. The van der Waals surface area contributed by atoms with Crippen LogP contribution in [0.5, 0.6) is 0 Å². The van der Waals surface area contributed by atoms with Gasteiger partial charge in [-0.2, -0.15) is 5.26 Å². The number of nitriles is 1. The second-order valence-corrected chi connectivity index (χ2v) is 5.64. The summed E-state index contributed by atoms with van der Waals surface area (Å²) in [6, 6.07) is 5.03. The van der Waals surface area contributed by atoms with Gasteiger partial charge in [-0.05, 0) is 31.4 Å². The first kappa shape index (κ1) is 15.6. The van der Waals surface area contributed by atoms with Crippen molar-refractivity contribution in [1.82, 2.24) is 4.72 Å². The molecule has 19 heavy (non-hydrogen) atoms. The van der Waals surface area contributed by atoms with E-state index in [0.29, 0.717) is 19.3 Å². The van der Waals surface area contributed by atoms with Crippen LogP contribution >= 0.6 is 0 Å². The highest BCUT2D eigenvalue weighted by Crippen LogP contribution is 2.17. The Morgan fingerprint density at radius 3 is 2.68 bits per heavy atom. The van der Waals surface area contributed by atoms with Crippen molar-refractivity contribution in [3.63, 3.8) is 0 Å². The minimum Gasteiger partial charge on any atom is -0.396 e. The van der Waals surface area contributed by atoms with E-state index in [9.17, 15) is 12.8 Å². The van der Waals surface area contributed by atoms with Crippen molar-refractivity contribution in [3.05, 3.63) is 29.6 Å². The SMILES string of the molecule is N#Cc1c(F)cccc1S(=O)(=O)NCCCCCO. The van der Waals surface area contributed by atoms with Crippen molar-refractivity contribution < 1.29 is 17.9 Å². The minimum atomic E-state index is -3.89. The highest BCUT2D eigenvalue weighted by molar-refractivity contribution is 7.89. The third kappa shape index (κ3) is 4.28. The van der Waals surface area contributed by atoms with E-state index in [1.807, 2.05) is 0 Å². The molecule has 0 unspecified atom stereocenters. The van der Waals surface area contributed by atoms with E-state index < -0.39 is 21.4 Å². The molecule has 0 aliphatic carbocycles. The number of benzene rings is 1. The smallest absolute Gasteiger partial charge is 0.241 e. The lowest BCUT2D eigenvalue weighted by molar-refractivity contribution is 0.283. The molecule has 1 aromatic rings. The Hall–Kier alpha value is -1.49. The van der Waals surface area contributed by atoms with Crippen LogP contribution in [0.1, 0.15) is 24.8 Å². The maximum absolute atomic E-state index is 13.3. The van der Waals surface area contributed by atoms with Gasteiger partial charge >= 0.3 is 0 Å². The number of aliphatic hydroxyl groups excluding tert-OH is 1. The van der Waals surface area contributed by atoms with Gasteiger partial charge in [0.1, 0.15) is 22.3 Å². The van der Waals surface area contributed by atoms with E-state index in [0.717, 1.165) is 6.07 Å². The predicted octanol–water partition coefficient (Wildman–Crippen LogP) is 1.14. The molecule has 104 valence electrons. The lowest BCUT2D eigenvalue weighted by atomic mass is 10.2. The van der Waals surface area contributed by atoms with Crippen LogP contribution in [0, 0.1) is 17.1 Å². The van der Waals surface area contributed by atoms with Gasteiger partial charge in [-0.1, -0.05) is 6.07 Å². The molecule has 0 atom stereocenters. The van der Waals surface area contributed by atoms with E-state index in [-0.39, 0.29) is 18.0 Å². The number of hydrogen-bond donors (Lipinski definition) is 2. The Kier molecular flexibility index (Phi) is 5.89. The van der Waals surface area contributed by atoms with E-state index in [1.165, 1.54) is 12.1 Å². The van der Waals surface area contributed by atoms with Crippen LogP contribution in [0.2, 0.25) is 0 Å². The molecule has 0 saturated heterocycles. The Morgan fingerprint density at radius 1 is 1.32 bits per heavy atom. The molecular formula is C12H15FN2O3S. The number of rotatable bonds is 7. The molecule has 1 aromatic carbocycles. The van der Waals surface area contributed by atoms with Crippen molar-refractivity contribution in [2.75, 3.05) is 13.2 Å². The topological polar surface area (TPSA) is 90.2 Å². The van der Waals surface area contributed by atoms with E-state index >= 15 is 0 Å². The van der Waals surface area contributed by atoms with Crippen LogP contribution in [0.4, 0.5) is 4.39 Å². The van der Waals surface area contributed by atoms with Gasteiger partial charge < -0.3 is 5.11 Å². The van der Waals surface area contributed by atoms with E-state index in [4.69, 9.17) is 10.4 Å². The summed E-state index contributed by atoms with van der Waals surface area (Å²) in [5.41, 5.74) is -0.481. The molecular weight excluding hydrogens is 271 g/mol. The second kappa shape index (κ2) is 7.19. The summed E-state index contributed by atoms with van der Waals surface area (Å²) in [5, 5.41) is 17.4. The molecule has 0 radical (unpaired) electrons. The van der Waals surface area contributed by atoms with Gasteiger partial charge in [0.05, 0.1) is 0 Å². The summed E-state index contributed by atoms with van der Waals surface area (Å²) in [7, 11) is -3.89. The van der Waals surface area contributed by atoms with Gasteiger partial charge in [0.2, 0.25) is 10.0 Å². The molecule has 0 amide bonds. The lowest BCUT2D eigenvalue weighted by Crippen LogP contribution is -2.25. The fraction of sp³-hybridized carbons (Fsp3) is 0.417. The number of unbranched alkanes of at least 4 members (excludes halogenated alkanes) is 2. The van der Waals surface area contributed by atoms with Gasteiger partial charge in [-0.25, -0.2) is 17.5 Å². The standard InChI is InChI=1S/C12H15FN2O3S/c13-11-5-4-6-12(10(11)9-14)19(17,18)15-7-2-1-3-8-16/h4-6,15-16H,1-3,7-8H2. The van der Waals surface area contributed by atoms with E-state index in [1.54, 1.807) is 6.07 Å². The number of hydrogen-bond acceptors (Lipinski definition) is 4. The Bertz CT molecular complexity index is 567. The van der Waals surface area contributed by atoms with Crippen molar-refractivity contribution in [2.24, 2.45) is 0 Å². The zero-order valence-corrected chi connectivity index (χ0v) is 11.1. The first-order chi connectivity index (χ1) is 9.03. The van der Waals surface area contributed by atoms with Gasteiger partial charge in [0.15, 0.2) is 0 Å². The summed E-state index contributed by atoms with van der Waals surface area (Å²) in [5.74, 6) is -0.856. The molecule has 0 fully saturated rings. The monoisotopic (exact) mass is 286 g/mol. The number of nitrogens with zero attached hydrogens (tertiary/aromatic N) is 1. The number of sulfonamides is 1. The van der Waals surface area contributed by atoms with Crippen molar-refractivity contribution >= 4 is 10.0 Å². The fourth-order valence-electron chi connectivity index (χ4n) is 1.53. The molecule has 0 heterocycles. The molecule has 0 aliphatic heterocycles. The molecule has 0 spiro atoms. The molecule has 5 nitrogen and oxygen atoms in total. The van der Waals surface area contributed by atoms with Gasteiger partial charge in [-0.3, -0.25) is 0 Å². The first-order valence-electron chi connectivity index (χ1n) is 5.82. The Labute approximate surface area is 111 Å². The summed E-state index contributed by atoms with van der Waals surface area (Å²) >= 11 is 0. The quantitative estimate of drug-likeness (QED) is 0.735. The Balaban J connectivity index is 2.79. The average molecular weight is 286 g/mol. The number of nitrogens with one attached hydrogen (secondary N) is 1. The fourth-order valence-corrected chi connectivity index (χ4v) is 2.77. The second-order valence-electron chi connectivity index (χ2n) is 3.91. The average Bonchev–Trinajstić information content (AvgIpc) is 2.38. The molecule has 2 N–H and O–H groups in total. The van der Waals surface area contributed by atoms with Crippen LogP contribution < -0.4 is 4.72 Å². The summed E-state index contributed by atoms with van der Waals surface area (Å²) in [6.45, 7) is 0.249. The first-order valence-corrected chi connectivity index (χ1v) is 7.30. The third-order valence-corrected chi connectivity index (χ3v) is 4.01. The summed E-state index contributed by atoms with van der Waals surface area (Å²) in [4.78, 5) is -0.350. The maximum Gasteiger partial charge on any atom is 0.241 e. The lowest BCUT2D eigenvalue weighted by Gasteiger charge is -2.08. The normalized spacial score (nSPS) is 11.2. The number of halogens is 1. The van der Waals surface area contributed by atoms with Crippen molar-refractivity contribution in [2.45, 2.75) is 24.2 Å². The molecule has 0 bridgehead atoms. The summed E-state index contributed by atoms with van der Waals surface area (Å²) in [6.07, 6.45) is 1.86. The van der Waals surface area contributed by atoms with E-state index in [2.05, 4.69) is 4.72 Å². The molecule has 0 aliphatic rings. The summed E-state index contributed by atoms with van der Waals surface area (Å²) < 4.78 is 39.5. The van der Waals surface area contributed by atoms with Crippen LogP contribution in [-0.2, 0) is 10.0 Å². The van der Waals surface area contributed by atoms with Gasteiger partial charge in [0.25, 0.3) is 0 Å². The minimum absolute atomic E-state index is 0.0647. The highest BCUT2D eigenvalue weighted by Gasteiger charge is 2.20. The highest BCUT2D eigenvalue weighted by atomic mass is 32.2. The zero-order valence-electron chi connectivity index (χ0n) is 10.3. The molecule has 0 saturated carbocycles. The van der Waals surface area contributed by atoms with Crippen LogP contribution in [0.15, 0.2) is 23.1 Å². The van der Waals surface area contributed by atoms with Crippen LogP contribution in [0.25, 0.3) is 0 Å². The van der Waals surface area contributed by atoms with Gasteiger partial charge in [0, 0.05) is 13.2 Å². The van der Waals surface area contributed by atoms with Crippen LogP contribution in [0.3, 0.4) is 0 Å². The molecule has 1 rings (SSSR count). The molecule has 0 aromatic heterocycles. The Morgan fingerprint density at radius 2 is 2.05 bits per heavy atom. The van der Waals surface area contributed by atoms with Crippen molar-refractivity contribution in [3.8, 4) is 6.07 Å². The van der Waals surface area contributed by atoms with Crippen molar-refractivity contribution in [1.29, 1.82) is 5.26 Å².